The maximum Gasteiger partial charge on any atom is 0.252 e. The first-order chi connectivity index (χ1) is 14.8. The molecule has 1 fully saturated rings. The maximum atomic E-state index is 13.2. The molecule has 0 bridgehead atoms. The molecule has 1 atom stereocenters. The van der Waals surface area contributed by atoms with E-state index in [2.05, 4.69) is 19.2 Å². The van der Waals surface area contributed by atoms with Crippen LogP contribution in [0, 0.1) is 12.8 Å². The number of carbonyl (C=O) groups excluding carboxylic acids is 1. The molecule has 1 aliphatic rings. The van der Waals surface area contributed by atoms with Crippen LogP contribution in [0.25, 0.3) is 0 Å². The molecule has 0 spiro atoms. The molecule has 6 heteroatoms. The van der Waals surface area contributed by atoms with E-state index in [1.165, 1.54) is 0 Å². The van der Waals surface area contributed by atoms with Crippen LogP contribution < -0.4 is 5.32 Å². The van der Waals surface area contributed by atoms with E-state index in [1.807, 2.05) is 37.3 Å². The Bertz CT molecular complexity index is 979. The minimum absolute atomic E-state index is 0.126. The van der Waals surface area contributed by atoms with E-state index in [-0.39, 0.29) is 16.8 Å². The van der Waals surface area contributed by atoms with Gasteiger partial charge >= 0.3 is 0 Å². The van der Waals surface area contributed by atoms with E-state index in [4.69, 9.17) is 0 Å². The number of amides is 1. The minimum atomic E-state index is -3.60. The van der Waals surface area contributed by atoms with Crippen molar-refractivity contribution in [2.45, 2.75) is 63.8 Å². The Kier molecular flexibility index (Phi) is 7.89. The molecule has 1 aliphatic heterocycles. The van der Waals surface area contributed by atoms with Gasteiger partial charge in [0.05, 0.1) is 10.9 Å². The highest BCUT2D eigenvalue weighted by Crippen LogP contribution is 2.25. The number of benzene rings is 2. The topological polar surface area (TPSA) is 66.5 Å². The molecule has 168 valence electrons. The van der Waals surface area contributed by atoms with Crippen molar-refractivity contribution in [1.82, 2.24) is 9.62 Å². The molecule has 1 amide bonds. The second-order valence-electron chi connectivity index (χ2n) is 8.86. The summed E-state index contributed by atoms with van der Waals surface area (Å²) in [4.78, 5) is 13.4. The van der Waals surface area contributed by atoms with Gasteiger partial charge in [-0.3, -0.25) is 4.79 Å². The second kappa shape index (κ2) is 10.4. The van der Waals surface area contributed by atoms with E-state index in [9.17, 15) is 13.2 Å². The van der Waals surface area contributed by atoms with Gasteiger partial charge in [-0.25, -0.2) is 8.42 Å². The van der Waals surface area contributed by atoms with Gasteiger partial charge in [0.25, 0.3) is 5.91 Å². The molecule has 0 aromatic heterocycles. The lowest BCUT2D eigenvalue weighted by atomic mass is 9.96. The third kappa shape index (κ3) is 5.95. The zero-order valence-electron chi connectivity index (χ0n) is 18.8. The van der Waals surface area contributed by atoms with Gasteiger partial charge in [0.2, 0.25) is 10.0 Å². The Balaban J connectivity index is 1.87. The SMILES string of the molecule is Cc1ccc(S(=O)(=O)N2CCCCCC2)cc1C(=O)NC(CC(C)C)c1ccccc1. The molecule has 2 aromatic rings. The highest BCUT2D eigenvalue weighted by atomic mass is 32.2. The summed E-state index contributed by atoms with van der Waals surface area (Å²) in [5.41, 5.74) is 2.24. The standard InChI is InChI=1S/C25H34N2O3S/c1-19(2)17-24(21-11-7-6-8-12-21)26-25(28)23-18-22(14-13-20(23)3)31(29,30)27-15-9-4-5-10-16-27/h6-8,11-14,18-19,24H,4-5,9-10,15-17H2,1-3H3,(H,26,28). The summed E-state index contributed by atoms with van der Waals surface area (Å²) in [7, 11) is -3.60. The molecule has 5 nitrogen and oxygen atoms in total. The molecular formula is C25H34N2O3S. The van der Waals surface area contributed by atoms with Crippen molar-refractivity contribution in [3.05, 3.63) is 65.2 Å². The van der Waals surface area contributed by atoms with Crippen LogP contribution in [0.2, 0.25) is 0 Å². The molecule has 1 saturated heterocycles. The molecule has 0 aliphatic carbocycles. The van der Waals surface area contributed by atoms with Crippen molar-refractivity contribution in [3.8, 4) is 0 Å². The summed E-state index contributed by atoms with van der Waals surface area (Å²) >= 11 is 0. The van der Waals surface area contributed by atoms with E-state index >= 15 is 0 Å². The largest absolute Gasteiger partial charge is 0.345 e. The number of hydrogen-bond donors (Lipinski definition) is 1. The van der Waals surface area contributed by atoms with Crippen molar-refractivity contribution in [1.29, 1.82) is 0 Å². The average molecular weight is 443 g/mol. The van der Waals surface area contributed by atoms with Gasteiger partial charge in [-0.2, -0.15) is 4.31 Å². The molecule has 1 N–H and O–H groups in total. The van der Waals surface area contributed by atoms with Crippen LogP contribution in [-0.4, -0.2) is 31.7 Å². The van der Waals surface area contributed by atoms with Crippen molar-refractivity contribution >= 4 is 15.9 Å². The number of rotatable bonds is 7. The summed E-state index contributed by atoms with van der Waals surface area (Å²) < 4.78 is 28.0. The van der Waals surface area contributed by atoms with Crippen LogP contribution in [0.5, 0.6) is 0 Å². The van der Waals surface area contributed by atoms with Crippen molar-refractivity contribution in [2.75, 3.05) is 13.1 Å². The molecule has 2 aromatic carbocycles. The first-order valence-electron chi connectivity index (χ1n) is 11.3. The second-order valence-corrected chi connectivity index (χ2v) is 10.8. The third-order valence-corrected chi connectivity index (χ3v) is 7.77. The van der Waals surface area contributed by atoms with Gasteiger partial charge in [-0.1, -0.05) is 63.1 Å². The summed E-state index contributed by atoms with van der Waals surface area (Å²) in [5, 5.41) is 3.14. The van der Waals surface area contributed by atoms with E-state index in [1.54, 1.807) is 22.5 Å². The summed E-state index contributed by atoms with van der Waals surface area (Å²) in [6.45, 7) is 7.19. The average Bonchev–Trinajstić information content (AvgIpc) is 3.04. The van der Waals surface area contributed by atoms with Crippen LogP contribution in [0.3, 0.4) is 0 Å². The highest BCUT2D eigenvalue weighted by molar-refractivity contribution is 7.89. The fraction of sp³-hybridized carbons (Fsp3) is 0.480. The fourth-order valence-corrected chi connectivity index (χ4v) is 5.65. The Labute approximate surface area is 186 Å². The van der Waals surface area contributed by atoms with Gasteiger partial charge in [-0.05, 0) is 55.4 Å². The number of nitrogens with one attached hydrogen (secondary N) is 1. The van der Waals surface area contributed by atoms with E-state index < -0.39 is 10.0 Å². The monoisotopic (exact) mass is 442 g/mol. The van der Waals surface area contributed by atoms with Crippen LogP contribution in [0.1, 0.15) is 73.5 Å². The maximum absolute atomic E-state index is 13.2. The number of sulfonamides is 1. The molecule has 1 heterocycles. The molecular weight excluding hydrogens is 408 g/mol. The van der Waals surface area contributed by atoms with Gasteiger partial charge in [0.15, 0.2) is 0 Å². The predicted octanol–water partition coefficient (Wildman–Crippen LogP) is 5.08. The van der Waals surface area contributed by atoms with Crippen molar-refractivity contribution in [2.24, 2.45) is 5.92 Å². The Hall–Kier alpha value is -2.18. The zero-order chi connectivity index (χ0) is 22.4. The van der Waals surface area contributed by atoms with Crippen LogP contribution in [0.15, 0.2) is 53.4 Å². The molecule has 0 saturated carbocycles. The summed E-state index contributed by atoms with van der Waals surface area (Å²) in [6, 6.07) is 14.7. The Morgan fingerprint density at radius 2 is 1.65 bits per heavy atom. The molecule has 3 rings (SSSR count). The smallest absolute Gasteiger partial charge is 0.252 e. The lowest BCUT2D eigenvalue weighted by molar-refractivity contribution is 0.0931. The highest BCUT2D eigenvalue weighted by Gasteiger charge is 2.27. The number of carbonyl (C=O) groups is 1. The minimum Gasteiger partial charge on any atom is -0.345 e. The van der Waals surface area contributed by atoms with Gasteiger partial charge in [-0.15, -0.1) is 0 Å². The first kappa shape index (κ1) is 23.5. The number of nitrogens with zero attached hydrogens (tertiary/aromatic N) is 1. The first-order valence-corrected chi connectivity index (χ1v) is 12.7. The normalized spacial score (nSPS) is 16.6. The predicted molar refractivity (Wildman–Crippen MR) is 125 cm³/mol. The van der Waals surface area contributed by atoms with Crippen LogP contribution in [-0.2, 0) is 10.0 Å². The van der Waals surface area contributed by atoms with Crippen LogP contribution >= 0.6 is 0 Å². The fourth-order valence-electron chi connectivity index (χ4n) is 4.11. The molecule has 0 radical (unpaired) electrons. The summed E-state index contributed by atoms with van der Waals surface area (Å²) in [6.07, 6.45) is 4.69. The summed E-state index contributed by atoms with van der Waals surface area (Å²) in [5.74, 6) is 0.168. The lowest BCUT2D eigenvalue weighted by Gasteiger charge is -2.23. The molecule has 31 heavy (non-hydrogen) atoms. The van der Waals surface area contributed by atoms with Crippen LogP contribution in [0.4, 0.5) is 0 Å². The van der Waals surface area contributed by atoms with Gasteiger partial charge in [0.1, 0.15) is 0 Å². The van der Waals surface area contributed by atoms with E-state index in [0.29, 0.717) is 24.6 Å². The number of hydrogen-bond acceptors (Lipinski definition) is 3. The Morgan fingerprint density at radius 3 is 2.26 bits per heavy atom. The van der Waals surface area contributed by atoms with Gasteiger partial charge in [0, 0.05) is 18.7 Å². The lowest BCUT2D eigenvalue weighted by Crippen LogP contribution is -2.33. The van der Waals surface area contributed by atoms with Crippen molar-refractivity contribution < 1.29 is 13.2 Å². The number of aryl methyl sites for hydroxylation is 1. The Morgan fingerprint density at radius 1 is 1.00 bits per heavy atom. The van der Waals surface area contributed by atoms with E-state index in [0.717, 1.165) is 43.2 Å². The molecule has 1 unspecified atom stereocenters. The van der Waals surface area contributed by atoms with Crippen molar-refractivity contribution in [3.63, 3.8) is 0 Å². The zero-order valence-corrected chi connectivity index (χ0v) is 19.6. The third-order valence-electron chi connectivity index (χ3n) is 5.87. The van der Waals surface area contributed by atoms with Gasteiger partial charge < -0.3 is 5.32 Å². The quantitative estimate of drug-likeness (QED) is 0.650.